The van der Waals surface area contributed by atoms with E-state index in [0.717, 1.165) is 47.2 Å². The molecule has 152 valence electrons. The van der Waals surface area contributed by atoms with Crippen LogP contribution in [0.15, 0.2) is 43.0 Å². The van der Waals surface area contributed by atoms with Crippen LogP contribution in [0.1, 0.15) is 57.6 Å². The molecule has 0 heterocycles. The number of rotatable bonds is 5. The molecule has 0 spiro atoms. The maximum atomic E-state index is 13.4. The molecule has 2 unspecified atom stereocenters. The molecule has 2 atom stereocenters. The van der Waals surface area contributed by atoms with Gasteiger partial charge in [0.1, 0.15) is 0 Å². The summed E-state index contributed by atoms with van der Waals surface area (Å²) in [6.07, 6.45) is -3.20. The van der Waals surface area contributed by atoms with Crippen molar-refractivity contribution in [2.75, 3.05) is 0 Å². The Labute approximate surface area is 164 Å². The van der Waals surface area contributed by atoms with Gasteiger partial charge in [0.15, 0.2) is 5.60 Å². The van der Waals surface area contributed by atoms with Gasteiger partial charge in [-0.1, -0.05) is 49.3 Å². The van der Waals surface area contributed by atoms with Crippen LogP contribution in [-0.2, 0) is 10.3 Å². The highest BCUT2D eigenvalue weighted by atomic mass is 19.4. The quantitative estimate of drug-likeness (QED) is 0.641. The summed E-state index contributed by atoms with van der Waals surface area (Å²) < 4.78 is 46.2. The van der Waals surface area contributed by atoms with E-state index in [4.69, 9.17) is 4.74 Å². The first kappa shape index (κ1) is 20.9. The van der Waals surface area contributed by atoms with Gasteiger partial charge in [0, 0.05) is 0 Å². The highest BCUT2D eigenvalue weighted by Gasteiger charge is 2.56. The summed E-state index contributed by atoms with van der Waals surface area (Å²) in [7, 11) is 0. The number of hydrogen-bond acceptors (Lipinski definition) is 2. The second-order valence-electron chi connectivity index (χ2n) is 8.13. The van der Waals surface area contributed by atoms with Gasteiger partial charge in [-0.15, -0.1) is 0 Å². The molecule has 0 saturated heterocycles. The lowest BCUT2D eigenvalue weighted by Gasteiger charge is -2.40. The minimum absolute atomic E-state index is 0.620. The van der Waals surface area contributed by atoms with Crippen molar-refractivity contribution < 1.29 is 23.0 Å². The summed E-state index contributed by atoms with van der Waals surface area (Å²) in [5.41, 5.74) is -1.08. The Hall–Kier alpha value is -1.85. The van der Waals surface area contributed by atoms with Gasteiger partial charge in [-0.2, -0.15) is 13.2 Å². The Morgan fingerprint density at radius 2 is 1.79 bits per heavy atom. The van der Waals surface area contributed by atoms with Gasteiger partial charge in [-0.3, -0.25) is 0 Å². The molecule has 0 aromatic heterocycles. The second kappa shape index (κ2) is 7.20. The van der Waals surface area contributed by atoms with E-state index in [2.05, 4.69) is 6.58 Å². The number of fused-ring (bicyclic) bond motifs is 1. The summed E-state index contributed by atoms with van der Waals surface area (Å²) in [4.78, 5) is 0. The van der Waals surface area contributed by atoms with Crippen molar-refractivity contribution in [2.24, 2.45) is 0 Å². The lowest BCUT2D eigenvalue weighted by molar-refractivity contribution is -0.300. The number of hydrogen-bond donors (Lipinski definition) is 1. The number of aliphatic hydroxyl groups is 1. The largest absolute Gasteiger partial charge is 0.419 e. The van der Waals surface area contributed by atoms with Crippen LogP contribution in [0.25, 0.3) is 16.3 Å². The van der Waals surface area contributed by atoms with Gasteiger partial charge < -0.3 is 9.84 Å². The molecule has 2 aromatic carbocycles. The van der Waals surface area contributed by atoms with Crippen LogP contribution >= 0.6 is 0 Å². The van der Waals surface area contributed by atoms with Crippen molar-refractivity contribution in [1.82, 2.24) is 0 Å². The topological polar surface area (TPSA) is 29.5 Å². The summed E-state index contributed by atoms with van der Waals surface area (Å²) in [6, 6.07) is 11.9. The highest BCUT2D eigenvalue weighted by molar-refractivity contribution is 5.89. The van der Waals surface area contributed by atoms with Crippen LogP contribution in [0.5, 0.6) is 0 Å². The van der Waals surface area contributed by atoms with Gasteiger partial charge in [0.05, 0.1) is 11.7 Å². The zero-order valence-corrected chi connectivity index (χ0v) is 16.6. The Kier molecular flexibility index (Phi) is 5.36. The second-order valence-corrected chi connectivity index (χ2v) is 8.13. The predicted molar refractivity (Wildman–Crippen MR) is 106 cm³/mol. The monoisotopic (exact) mass is 392 g/mol. The van der Waals surface area contributed by atoms with Crippen molar-refractivity contribution >= 4 is 16.3 Å². The van der Waals surface area contributed by atoms with Crippen molar-refractivity contribution in [1.29, 1.82) is 0 Å². The molecule has 1 saturated carbocycles. The molecule has 3 rings (SSSR count). The van der Waals surface area contributed by atoms with E-state index in [9.17, 15) is 18.3 Å². The standard InChI is InChI=1S/C23H27F3O2/c1-15(2)18-13-17-9-5-6-10-19(17)20(14-18)22(11-7-8-12-22)28-16(3)21(4,27)23(24,25)26/h5-6,9-10,13-14,16,27H,1,7-8,11-12H2,2-4H3. The summed E-state index contributed by atoms with van der Waals surface area (Å²) >= 11 is 0. The Balaban J connectivity index is 2.14. The Morgan fingerprint density at radius 1 is 1.18 bits per heavy atom. The number of halogens is 3. The fourth-order valence-electron chi connectivity index (χ4n) is 4.01. The molecule has 5 heteroatoms. The minimum Gasteiger partial charge on any atom is -0.379 e. The van der Waals surface area contributed by atoms with Crippen LogP contribution in [0.2, 0.25) is 0 Å². The summed E-state index contributed by atoms with van der Waals surface area (Å²) in [5, 5.41) is 12.1. The summed E-state index contributed by atoms with van der Waals surface area (Å²) in [5.74, 6) is 0. The lowest BCUT2D eigenvalue weighted by Crippen LogP contribution is -2.54. The van der Waals surface area contributed by atoms with Gasteiger partial charge in [-0.05, 0) is 67.6 Å². The molecule has 2 nitrogen and oxygen atoms in total. The smallest absolute Gasteiger partial charge is 0.379 e. The number of benzene rings is 2. The molecule has 0 bridgehead atoms. The zero-order chi connectivity index (χ0) is 20.7. The molecule has 28 heavy (non-hydrogen) atoms. The SMILES string of the molecule is C=C(C)c1cc(C2(OC(C)C(C)(O)C(F)(F)F)CCCC2)c2ccccc2c1. The van der Waals surface area contributed by atoms with Crippen molar-refractivity contribution in [3.05, 3.63) is 54.1 Å². The molecular weight excluding hydrogens is 365 g/mol. The zero-order valence-electron chi connectivity index (χ0n) is 16.6. The highest BCUT2D eigenvalue weighted by Crippen LogP contribution is 2.48. The van der Waals surface area contributed by atoms with E-state index in [1.54, 1.807) is 0 Å². The third-order valence-electron chi connectivity index (χ3n) is 6.02. The van der Waals surface area contributed by atoms with Gasteiger partial charge in [-0.25, -0.2) is 0 Å². The van der Waals surface area contributed by atoms with Crippen LogP contribution in [0, 0.1) is 0 Å². The molecule has 1 aliphatic carbocycles. The van der Waals surface area contributed by atoms with Crippen molar-refractivity contribution in [3.63, 3.8) is 0 Å². The molecule has 0 aliphatic heterocycles. The third-order valence-corrected chi connectivity index (χ3v) is 6.02. The third kappa shape index (κ3) is 3.58. The van der Waals surface area contributed by atoms with E-state index < -0.39 is 23.5 Å². The normalized spacial score (nSPS) is 20.1. The number of alkyl halides is 3. The van der Waals surface area contributed by atoms with Crippen LogP contribution in [-0.4, -0.2) is 23.0 Å². The lowest BCUT2D eigenvalue weighted by atomic mass is 9.84. The van der Waals surface area contributed by atoms with Gasteiger partial charge in [0.25, 0.3) is 0 Å². The average molecular weight is 392 g/mol. The molecule has 2 aromatic rings. The van der Waals surface area contributed by atoms with Crippen LogP contribution in [0.4, 0.5) is 13.2 Å². The fraction of sp³-hybridized carbons (Fsp3) is 0.478. The first-order valence-electron chi connectivity index (χ1n) is 9.64. The molecule has 0 amide bonds. The van der Waals surface area contributed by atoms with E-state index in [1.165, 1.54) is 6.92 Å². The molecule has 1 fully saturated rings. The van der Waals surface area contributed by atoms with E-state index in [-0.39, 0.29) is 0 Å². The molecule has 1 N–H and O–H groups in total. The van der Waals surface area contributed by atoms with Crippen molar-refractivity contribution in [2.45, 2.75) is 69.9 Å². The van der Waals surface area contributed by atoms with Crippen LogP contribution < -0.4 is 0 Å². The van der Waals surface area contributed by atoms with E-state index in [1.807, 2.05) is 43.3 Å². The molecular formula is C23H27F3O2. The van der Waals surface area contributed by atoms with Crippen molar-refractivity contribution in [3.8, 4) is 0 Å². The minimum atomic E-state index is -4.77. The Bertz CT molecular complexity index is 877. The molecule has 0 radical (unpaired) electrons. The Morgan fingerprint density at radius 3 is 2.36 bits per heavy atom. The van der Waals surface area contributed by atoms with Gasteiger partial charge >= 0.3 is 6.18 Å². The van der Waals surface area contributed by atoms with Gasteiger partial charge in [0.2, 0.25) is 0 Å². The summed E-state index contributed by atoms with van der Waals surface area (Å²) in [6.45, 7) is 8.02. The maximum absolute atomic E-state index is 13.4. The average Bonchev–Trinajstić information content (AvgIpc) is 3.09. The van der Waals surface area contributed by atoms with Crippen LogP contribution in [0.3, 0.4) is 0 Å². The number of ether oxygens (including phenoxy) is 1. The predicted octanol–water partition coefficient (Wildman–Crippen LogP) is 6.36. The van der Waals surface area contributed by atoms with E-state index in [0.29, 0.717) is 12.8 Å². The first-order valence-corrected chi connectivity index (χ1v) is 9.64. The molecule has 1 aliphatic rings. The maximum Gasteiger partial charge on any atom is 0.419 e. The number of allylic oxidation sites excluding steroid dienone is 1. The first-order chi connectivity index (χ1) is 13.0. The fourth-order valence-corrected chi connectivity index (χ4v) is 4.01. The van der Waals surface area contributed by atoms with E-state index >= 15 is 0 Å².